The van der Waals surface area contributed by atoms with Gasteiger partial charge in [-0.05, 0) is 155 Å². The molecule has 0 aliphatic rings. The largest absolute Gasteiger partial charge is 0.325 e. The number of amides is 1. The molecular formula is C75H77BrI6N11O4-. The summed E-state index contributed by atoms with van der Waals surface area (Å²) in [6.07, 6.45) is 24.9. The number of benzene rings is 4. The van der Waals surface area contributed by atoms with E-state index in [-0.39, 0.29) is 35.9 Å². The third-order valence-corrected chi connectivity index (χ3v) is 14.7. The Bertz CT molecular complexity index is 3880. The summed E-state index contributed by atoms with van der Waals surface area (Å²) in [4.78, 5) is 57.6. The van der Waals surface area contributed by atoms with Crippen LogP contribution in [0.5, 0.6) is 0 Å². The van der Waals surface area contributed by atoms with Crippen LogP contribution in [0.3, 0.4) is 0 Å². The topological polar surface area (TPSA) is 184 Å². The Kier molecular flexibility index (Phi) is 42.5. The second kappa shape index (κ2) is 50.4. The number of hydroxylamine groups is 1. The van der Waals surface area contributed by atoms with Crippen molar-refractivity contribution in [2.45, 2.75) is 71.1 Å². The van der Waals surface area contributed by atoms with Crippen LogP contribution in [0, 0.1) is 0 Å². The van der Waals surface area contributed by atoms with Crippen LogP contribution in [0.15, 0.2) is 273 Å². The third-order valence-electron chi connectivity index (χ3n) is 14.2. The molecule has 0 aliphatic heterocycles. The molecule has 506 valence electrons. The molecule has 11 aromatic rings. The molecule has 15 nitrogen and oxygen atoms in total. The quantitative estimate of drug-likeness (QED) is 0.0123. The molecule has 0 saturated heterocycles. The number of ether oxygens (including phenoxy) is 1. The molecule has 0 spiro atoms. The first-order valence-electron chi connectivity index (χ1n) is 31.1. The Morgan fingerprint density at radius 2 is 0.856 bits per heavy atom. The zero-order valence-corrected chi connectivity index (χ0v) is 68.2. The molecule has 0 radical (unpaired) electrons. The fraction of sp³-hybridized carbons (Fsp3) is 0.187. The normalized spacial score (nSPS) is 10.0. The number of nitrogens with one attached hydrogen (secondary N) is 2. The van der Waals surface area contributed by atoms with Crippen molar-refractivity contribution >= 4 is 161 Å². The first kappa shape index (κ1) is 81.8. The minimum atomic E-state index is -0.330. The van der Waals surface area contributed by atoms with E-state index in [1.165, 1.54) is 16.7 Å². The van der Waals surface area contributed by atoms with Crippen LogP contribution >= 0.6 is 114 Å². The van der Waals surface area contributed by atoms with Gasteiger partial charge in [0.2, 0.25) is 5.91 Å². The fourth-order valence-electron chi connectivity index (χ4n) is 9.69. The van der Waals surface area contributed by atoms with Crippen LogP contribution in [0.2, 0.25) is 0 Å². The molecule has 0 atom stereocenters. The monoisotopic (exact) mass is 2040 g/mol. The van der Waals surface area contributed by atoms with Gasteiger partial charge in [0.25, 0.3) is 0 Å². The van der Waals surface area contributed by atoms with Crippen molar-refractivity contribution in [1.29, 1.82) is 0 Å². The van der Waals surface area contributed by atoms with Crippen molar-refractivity contribution in [3.05, 3.63) is 273 Å². The van der Waals surface area contributed by atoms with Crippen LogP contribution in [-0.2, 0) is 14.3 Å². The molecule has 1 amide bonds. The van der Waals surface area contributed by atoms with Gasteiger partial charge in [0.05, 0.1) is 30.4 Å². The number of pyridine rings is 7. The second-order valence-electron chi connectivity index (χ2n) is 20.9. The van der Waals surface area contributed by atoms with Gasteiger partial charge in [-0.3, -0.25) is 24.8 Å². The number of unbranched alkanes of at least 4 members (excludes halogenated alkanes) is 6. The number of hydrogen-bond acceptors (Lipinski definition) is 14. The van der Waals surface area contributed by atoms with Crippen molar-refractivity contribution in [3.8, 4) is 44.5 Å². The number of hydrogen-bond donors (Lipinski definition) is 3. The number of anilines is 6. The van der Waals surface area contributed by atoms with E-state index in [1.54, 1.807) is 30.3 Å². The van der Waals surface area contributed by atoms with Crippen molar-refractivity contribution in [3.63, 3.8) is 0 Å². The van der Waals surface area contributed by atoms with E-state index in [1.807, 2.05) is 190 Å². The minimum Gasteiger partial charge on any atom is -0.325 e. The van der Waals surface area contributed by atoms with Gasteiger partial charge in [0.15, 0.2) is 0 Å². The summed E-state index contributed by atoms with van der Waals surface area (Å²) in [6.45, 7) is 3.94. The molecule has 0 saturated carbocycles. The summed E-state index contributed by atoms with van der Waals surface area (Å²) in [5.41, 5.74) is 12.8. The van der Waals surface area contributed by atoms with E-state index in [0.717, 1.165) is 132 Å². The average molecular weight is 2040 g/mol. The van der Waals surface area contributed by atoms with Gasteiger partial charge in [0, 0.05) is 118 Å². The first-order valence-corrected chi connectivity index (χ1v) is 50.7. The molecule has 7 heterocycles. The predicted molar refractivity (Wildman–Crippen MR) is 441 cm³/mol. The maximum absolute atomic E-state index is 11.5. The van der Waals surface area contributed by atoms with Crippen LogP contribution < -0.4 is 33.9 Å². The van der Waals surface area contributed by atoms with Crippen molar-refractivity contribution in [1.82, 2.24) is 40.4 Å². The van der Waals surface area contributed by atoms with Crippen molar-refractivity contribution in [2.24, 2.45) is 0 Å². The number of esters is 1. The summed E-state index contributed by atoms with van der Waals surface area (Å²) in [5, 5.41) is 11.7. The number of nitrogens with zero attached hydrogens (tertiary/aromatic N) is 9. The summed E-state index contributed by atoms with van der Waals surface area (Å²) in [5.74, 6) is 2.95. The van der Waals surface area contributed by atoms with E-state index >= 15 is 0 Å². The number of carbonyl (C=O) groups is 2. The van der Waals surface area contributed by atoms with Crippen LogP contribution in [-0.4, -0.2) is 71.7 Å². The Morgan fingerprint density at radius 3 is 1.28 bits per heavy atom. The molecule has 0 aliphatic carbocycles. The number of halogens is 7. The van der Waals surface area contributed by atoms with Gasteiger partial charge in [-0.15, -0.1) is 24.0 Å². The molecule has 97 heavy (non-hydrogen) atoms. The molecule has 4 aromatic carbocycles. The average Bonchev–Trinajstić information content (AvgIpc) is 0.928. The zero-order valence-electron chi connectivity index (χ0n) is 53.5. The summed E-state index contributed by atoms with van der Waals surface area (Å²) >= 11 is 12.9. The first-order chi connectivity index (χ1) is 47.2. The van der Waals surface area contributed by atoms with Crippen molar-refractivity contribution in [2.75, 3.05) is 34.8 Å². The predicted octanol–water partition coefficient (Wildman–Crippen LogP) is 19.1. The Labute approximate surface area is 649 Å². The molecule has 7 aromatic heterocycles. The molecule has 0 fully saturated rings. The van der Waals surface area contributed by atoms with Gasteiger partial charge in [0.1, 0.15) is 27.9 Å². The summed E-state index contributed by atoms with van der Waals surface area (Å²) in [7, 11) is 0. The van der Waals surface area contributed by atoms with E-state index < -0.39 is 0 Å². The number of aromatic nitrogens is 7. The molecule has 3 N–H and O–H groups in total. The van der Waals surface area contributed by atoms with E-state index in [0.29, 0.717) is 32.7 Å². The third kappa shape index (κ3) is 31.5. The summed E-state index contributed by atoms with van der Waals surface area (Å²) < 4.78 is 5.86. The van der Waals surface area contributed by atoms with Crippen LogP contribution in [0.1, 0.15) is 71.1 Å². The fourth-order valence-corrected chi connectivity index (χ4v) is 10.1. The number of rotatable bonds is 25. The van der Waals surface area contributed by atoms with E-state index in [2.05, 4.69) is 201 Å². The number of carbonyl (C=O) groups excluding carboxylic acids is 2. The molecule has 0 unspecified atom stereocenters. The minimum absolute atomic E-state index is 0. The SMILES string of the molecule is Brc1cc(-c2ccccc2)ccn1.CCOC(=O)CCCCCCN(c1cncc(-c2ccccc2)c1)c1ccccn1.I.II.I[I-]I.O=C(CCCCCCN(c1cncc(-c2ccccc2)c1)c1ccccn1)NO.c1ccc(-c2ccnc(Nc3ccccn3)c2)cc1. The van der Waals surface area contributed by atoms with E-state index in [4.69, 9.17) is 9.94 Å². The van der Waals surface area contributed by atoms with Crippen LogP contribution in [0.4, 0.5) is 34.6 Å². The molecule has 0 bridgehead atoms. The second-order valence-corrected chi connectivity index (χ2v) is 37.9. The summed E-state index contributed by atoms with van der Waals surface area (Å²) in [6, 6.07) is 70.9. The van der Waals surface area contributed by atoms with Gasteiger partial charge < -0.3 is 19.9 Å². The van der Waals surface area contributed by atoms with Gasteiger partial charge in [-0.1, -0.05) is 165 Å². The van der Waals surface area contributed by atoms with Crippen LogP contribution in [0.25, 0.3) is 44.5 Å². The Balaban J connectivity index is 0.000000236. The van der Waals surface area contributed by atoms with Crippen molar-refractivity contribution < 1.29 is 32.8 Å². The smallest absolute Gasteiger partial charge is 0.243 e. The standard InChI is InChI=1S/C25H29N3O2.C23H26N4O2.C16H13N3.C11H8BrN.I3.I2.HI/c1-2-30-25(29)15-8-3-4-11-17-28(24-14-9-10-16-27-24)23-18-22(19-26-20-23)21-12-6-5-7-13-21;28-23(26-29)13-6-1-2-9-15-27(22-12-7-8-14-25-22)21-16-20(17-24-18-21)19-10-4-3-5-11-19;1-2-6-13(7-3-1)14-9-11-18-16(12-14)19-15-8-4-5-10-17-15;12-11-8-10(6-7-13-11)9-4-2-1-3-5-9;1-3-2;1-2;/h5-7,9-10,12-14,16,18-20H,2-4,8,11,15,17H2,1H3;3-5,7-8,10-12,14,16-18,29H,1-2,6,9,13,15H2,(H,26,28);1-12H,(H,17,18,19);1-8H;;;1H/q;;;;-1;;. The van der Waals surface area contributed by atoms with Gasteiger partial charge in [-0.2, -0.15) is 0 Å². The van der Waals surface area contributed by atoms with E-state index in [9.17, 15) is 9.59 Å². The Morgan fingerprint density at radius 1 is 0.454 bits per heavy atom. The van der Waals surface area contributed by atoms with Gasteiger partial charge in [-0.25, -0.2) is 30.4 Å². The Hall–Kier alpha value is -5.91. The molecule has 11 rings (SSSR count). The molecule has 22 heteroatoms. The maximum Gasteiger partial charge on any atom is 0.243 e. The van der Waals surface area contributed by atoms with Gasteiger partial charge >= 0.3 is 56.5 Å². The molecular weight excluding hydrogens is 1960 g/mol. The zero-order chi connectivity index (χ0) is 68.1. The maximum atomic E-state index is 11.5.